The molecule has 0 saturated carbocycles. The summed E-state index contributed by atoms with van der Waals surface area (Å²) in [7, 11) is 7.72. The molecule has 33 heteroatoms. The van der Waals surface area contributed by atoms with Crippen LogP contribution in [0.4, 0.5) is 0 Å². The highest BCUT2D eigenvalue weighted by atomic mass is 32.2. The zero-order chi connectivity index (χ0) is 59.8. The molecule has 0 aliphatic heterocycles. The van der Waals surface area contributed by atoms with Gasteiger partial charge in [-0.3, -0.25) is 72.3 Å². The SMILES string of the molecule is CC(=O)[C@H](CCCCNC(=N)N)NC(=O)[C@H](C)NC(=O)CN(C)C(=O)CN(C)C(=O)CN(C)C(=O)CN(C)C(=O)CN(C)C(=O)CN(C)C(=O)CN(C)C(=O)CN(C)C(=O)CN(C)C(=O)CN(C)C(=O)C(CN)S(=O)(=O)O. The van der Waals surface area contributed by atoms with Gasteiger partial charge in [0.1, 0.15) is 6.04 Å². The summed E-state index contributed by atoms with van der Waals surface area (Å²) in [5, 5.41) is 12.9. The van der Waals surface area contributed by atoms with Crippen molar-refractivity contribution in [2.24, 2.45) is 11.5 Å². The molecular weight excluding hydrogens is 1040 g/mol. The zero-order valence-corrected chi connectivity index (χ0v) is 46.8. The lowest BCUT2D eigenvalue weighted by Gasteiger charge is -2.27. The lowest BCUT2D eigenvalue weighted by molar-refractivity contribution is -0.146. The third kappa shape index (κ3) is 25.7. The summed E-state index contributed by atoms with van der Waals surface area (Å²) >= 11 is 0. The number of nitrogens with two attached hydrogens (primary N) is 2. The van der Waals surface area contributed by atoms with Crippen LogP contribution in [0.1, 0.15) is 33.1 Å². The van der Waals surface area contributed by atoms with Crippen LogP contribution in [0.15, 0.2) is 0 Å². The van der Waals surface area contributed by atoms with E-state index in [1.54, 1.807) is 0 Å². The summed E-state index contributed by atoms with van der Waals surface area (Å²) in [6.07, 6.45) is 1.45. The topological polar surface area (TPSA) is 421 Å². The highest BCUT2D eigenvalue weighted by Crippen LogP contribution is 2.06. The number of rotatable bonds is 32. The number of nitrogens with one attached hydrogen (secondary N) is 4. The molecule has 1 unspecified atom stereocenters. The van der Waals surface area contributed by atoms with Gasteiger partial charge in [0.05, 0.1) is 71.5 Å². The maximum absolute atomic E-state index is 13.0. The maximum atomic E-state index is 13.0. The van der Waals surface area contributed by atoms with Crippen molar-refractivity contribution < 1.29 is 75.3 Å². The number of likely N-dealkylation sites (N-methyl/N-ethyl adjacent to an activating group) is 10. The van der Waals surface area contributed by atoms with Crippen LogP contribution in [-0.2, 0) is 72.4 Å². The van der Waals surface area contributed by atoms with Crippen molar-refractivity contribution in [1.29, 1.82) is 5.41 Å². The van der Waals surface area contributed by atoms with Crippen molar-refractivity contribution in [2.45, 2.75) is 50.4 Å². The van der Waals surface area contributed by atoms with Crippen molar-refractivity contribution >= 4 is 92.7 Å². The van der Waals surface area contributed by atoms with E-state index in [0.717, 1.165) is 51.1 Å². The molecule has 0 aromatic rings. The summed E-state index contributed by atoms with van der Waals surface area (Å²) < 4.78 is 32.1. The number of ketones is 1. The van der Waals surface area contributed by atoms with E-state index in [4.69, 9.17) is 16.9 Å². The number of amides is 12. The number of Topliss-reactive ketones (excluding diaryl/α,β-unsaturated/α-hetero) is 1. The van der Waals surface area contributed by atoms with E-state index in [0.29, 0.717) is 30.7 Å². The summed E-state index contributed by atoms with van der Waals surface area (Å²) in [5.41, 5.74) is 10.5. The quantitative estimate of drug-likeness (QED) is 0.0142. The van der Waals surface area contributed by atoms with Crippen LogP contribution in [0.25, 0.3) is 0 Å². The van der Waals surface area contributed by atoms with Crippen LogP contribution in [-0.4, -0.2) is 311 Å². The monoisotopic (exact) mass is 1120 g/mol. The number of hydrogen-bond acceptors (Lipinski definition) is 17. The molecule has 436 valence electrons. The van der Waals surface area contributed by atoms with Gasteiger partial charge in [0.15, 0.2) is 17.0 Å². The second kappa shape index (κ2) is 32.8. The molecule has 0 bridgehead atoms. The Labute approximate surface area is 448 Å². The minimum atomic E-state index is -4.85. The molecule has 0 rings (SSSR count). The Morgan fingerprint density at radius 1 is 0.494 bits per heavy atom. The van der Waals surface area contributed by atoms with E-state index in [9.17, 15) is 75.3 Å². The number of hydrogen-bond donors (Lipinski definition) is 7. The molecule has 9 N–H and O–H groups in total. The third-order valence-electron chi connectivity index (χ3n) is 11.6. The second-order valence-corrected chi connectivity index (χ2v) is 20.1. The normalized spacial score (nSPS) is 12.0. The Morgan fingerprint density at radius 3 is 1.04 bits per heavy atom. The molecule has 3 atom stereocenters. The summed E-state index contributed by atoms with van der Waals surface area (Å²) in [6, 6.07) is -1.87. The summed E-state index contributed by atoms with van der Waals surface area (Å²) in [6.45, 7) is -2.91. The van der Waals surface area contributed by atoms with Gasteiger partial charge in [0.25, 0.3) is 10.1 Å². The highest BCUT2D eigenvalue weighted by molar-refractivity contribution is 7.87. The smallest absolute Gasteiger partial charge is 0.278 e. The van der Waals surface area contributed by atoms with E-state index in [1.807, 2.05) is 0 Å². The Hall–Kier alpha value is -7.55. The van der Waals surface area contributed by atoms with Crippen molar-refractivity contribution in [3.8, 4) is 0 Å². The third-order valence-corrected chi connectivity index (χ3v) is 12.7. The summed E-state index contributed by atoms with van der Waals surface area (Å²) in [4.78, 5) is 176. The van der Waals surface area contributed by atoms with Gasteiger partial charge in [-0.15, -0.1) is 0 Å². The molecular formula is C44H78N16O16S. The highest BCUT2D eigenvalue weighted by Gasteiger charge is 2.34. The van der Waals surface area contributed by atoms with E-state index in [1.165, 1.54) is 77.3 Å². The predicted octanol–water partition coefficient (Wildman–Crippen LogP) is -7.98. The molecule has 0 aliphatic rings. The lowest BCUT2D eigenvalue weighted by Crippen LogP contribution is -2.52. The Kier molecular flexibility index (Phi) is 29.6. The minimum absolute atomic E-state index is 0.184. The standard InChI is InChI=1S/C44H78N16O16S/c1-28(42(72)50-30(29(2)61)15-13-14-16-48-44(46)47)49-32(62)18-51(3)33(63)19-52(4)34(64)20-53(5)35(65)21-54(6)36(66)22-55(7)37(67)23-56(8)38(68)24-57(9)39(69)25-58(10)40(70)26-59(11)41(71)27-60(12)43(73)31(17-45)77(74,75)76/h28,30-31H,13-27,45H2,1-12H3,(H,49,62)(H,50,72)(H4,46,47,48)(H,74,75,76)/t28-,30-,31?/m0/s1. The van der Waals surface area contributed by atoms with Crippen molar-refractivity contribution in [2.75, 3.05) is 149 Å². The van der Waals surface area contributed by atoms with Crippen LogP contribution in [0.3, 0.4) is 0 Å². The van der Waals surface area contributed by atoms with Crippen LogP contribution in [0, 0.1) is 5.41 Å². The minimum Gasteiger partial charge on any atom is -0.370 e. The van der Waals surface area contributed by atoms with Gasteiger partial charge in [-0.25, -0.2) is 0 Å². The van der Waals surface area contributed by atoms with E-state index in [2.05, 4.69) is 16.0 Å². The first-order chi connectivity index (χ1) is 35.4. The largest absolute Gasteiger partial charge is 0.370 e. The number of carbonyl (C=O) groups is 13. The molecule has 32 nitrogen and oxygen atoms in total. The number of carbonyl (C=O) groups excluding carboxylic acids is 13. The molecule has 0 spiro atoms. The second-order valence-electron chi connectivity index (χ2n) is 18.5. The van der Waals surface area contributed by atoms with Gasteiger partial charge in [0.2, 0.25) is 70.9 Å². The van der Waals surface area contributed by atoms with Gasteiger partial charge < -0.3 is 76.4 Å². The Balaban J connectivity index is 4.98. The fraction of sp³-hybridized carbons (Fsp3) is 0.682. The number of guanidine groups is 1. The Morgan fingerprint density at radius 2 is 0.779 bits per heavy atom. The van der Waals surface area contributed by atoms with Crippen LogP contribution >= 0.6 is 0 Å². The first-order valence-electron chi connectivity index (χ1n) is 23.7. The molecule has 0 radical (unpaired) electrons. The van der Waals surface area contributed by atoms with Crippen LogP contribution in [0.2, 0.25) is 0 Å². The molecule has 0 aromatic heterocycles. The van der Waals surface area contributed by atoms with Gasteiger partial charge in [-0.1, -0.05) is 0 Å². The average molecular weight is 1120 g/mol. The van der Waals surface area contributed by atoms with Crippen LogP contribution in [0.5, 0.6) is 0 Å². The number of unbranched alkanes of at least 4 members (excludes halogenated alkanes) is 1. The van der Waals surface area contributed by atoms with E-state index in [-0.39, 0.29) is 11.7 Å². The van der Waals surface area contributed by atoms with E-state index >= 15 is 0 Å². The van der Waals surface area contributed by atoms with Crippen LogP contribution < -0.4 is 27.4 Å². The average Bonchev–Trinajstić information content (AvgIpc) is 3.32. The summed E-state index contributed by atoms with van der Waals surface area (Å²) in [5.74, 6) is -9.20. The van der Waals surface area contributed by atoms with Crippen molar-refractivity contribution in [1.82, 2.24) is 64.9 Å². The Bertz CT molecular complexity index is 2310. The molecule has 77 heavy (non-hydrogen) atoms. The van der Waals surface area contributed by atoms with Crippen molar-refractivity contribution in [3.63, 3.8) is 0 Å². The number of nitrogens with zero attached hydrogens (tertiary/aromatic N) is 10. The molecule has 0 saturated heterocycles. The van der Waals surface area contributed by atoms with Gasteiger partial charge >= 0.3 is 0 Å². The lowest BCUT2D eigenvalue weighted by atomic mass is 10.1. The molecule has 0 aromatic carbocycles. The van der Waals surface area contributed by atoms with Gasteiger partial charge in [-0.2, -0.15) is 8.42 Å². The fourth-order valence-electron chi connectivity index (χ4n) is 6.32. The van der Waals surface area contributed by atoms with Gasteiger partial charge in [-0.05, 0) is 33.1 Å². The first kappa shape index (κ1) is 69.5. The molecule has 12 amide bonds. The predicted molar refractivity (Wildman–Crippen MR) is 275 cm³/mol. The van der Waals surface area contributed by atoms with E-state index < -0.39 is 170 Å². The molecule has 0 heterocycles. The van der Waals surface area contributed by atoms with Gasteiger partial charge in [0, 0.05) is 83.6 Å². The molecule has 0 fully saturated rings. The zero-order valence-electron chi connectivity index (χ0n) is 45.9. The fourth-order valence-corrected chi connectivity index (χ4v) is 7.00. The van der Waals surface area contributed by atoms with Crippen molar-refractivity contribution in [3.05, 3.63) is 0 Å². The molecule has 0 aliphatic carbocycles. The maximum Gasteiger partial charge on any atom is 0.278 e. The first-order valence-corrected chi connectivity index (χ1v) is 25.2.